The van der Waals surface area contributed by atoms with Crippen LogP contribution in [0.1, 0.15) is 35.1 Å². The molecule has 0 fully saturated rings. The van der Waals surface area contributed by atoms with Crippen LogP contribution in [0.25, 0.3) is 0 Å². The second-order valence-electron chi connectivity index (χ2n) is 6.37. The normalized spacial score (nSPS) is 16.3. The van der Waals surface area contributed by atoms with Crippen molar-refractivity contribution in [3.05, 3.63) is 75.4 Å². The fraction of sp³-hybridized carbons (Fsp3) is 0.286. The molecule has 1 aliphatic rings. The van der Waals surface area contributed by atoms with Crippen molar-refractivity contribution in [2.24, 2.45) is 0 Å². The van der Waals surface area contributed by atoms with E-state index < -0.39 is 0 Å². The monoisotopic (exact) mass is 355 g/mol. The van der Waals surface area contributed by atoms with Crippen LogP contribution in [0.3, 0.4) is 0 Å². The summed E-state index contributed by atoms with van der Waals surface area (Å²) in [4.78, 5) is 14.6. The van der Waals surface area contributed by atoms with E-state index in [9.17, 15) is 4.79 Å². The topological polar surface area (TPSA) is 29.5 Å². The third-order valence-corrected chi connectivity index (χ3v) is 5.05. The van der Waals surface area contributed by atoms with Gasteiger partial charge in [-0.1, -0.05) is 35.9 Å². The third-order valence-electron chi connectivity index (χ3n) is 4.71. The quantitative estimate of drug-likeness (QED) is 0.727. The van der Waals surface area contributed by atoms with Crippen molar-refractivity contribution in [2.45, 2.75) is 26.7 Å². The van der Waals surface area contributed by atoms with Crippen molar-refractivity contribution >= 4 is 23.3 Å². The number of nitrogens with zero attached hydrogens (tertiary/aromatic N) is 1. The van der Waals surface area contributed by atoms with E-state index in [1.807, 2.05) is 49.3 Å². The lowest BCUT2D eigenvalue weighted by Gasteiger charge is -2.33. The number of benzene rings is 2. The van der Waals surface area contributed by atoms with Crippen LogP contribution in [-0.4, -0.2) is 19.6 Å². The van der Waals surface area contributed by atoms with E-state index in [0.29, 0.717) is 17.2 Å². The van der Waals surface area contributed by atoms with E-state index in [1.54, 1.807) is 0 Å². The molecule has 0 aromatic heterocycles. The minimum absolute atomic E-state index is 0.238. The summed E-state index contributed by atoms with van der Waals surface area (Å²) in [6.07, 6.45) is 1.86. The molecule has 25 heavy (non-hydrogen) atoms. The van der Waals surface area contributed by atoms with Gasteiger partial charge in [0.05, 0.1) is 12.2 Å². The highest BCUT2D eigenvalue weighted by Gasteiger charge is 2.33. The van der Waals surface area contributed by atoms with Gasteiger partial charge in [0.1, 0.15) is 0 Å². The fourth-order valence-electron chi connectivity index (χ4n) is 3.31. The molecule has 1 atom stereocenters. The number of anilines is 1. The molecule has 1 heterocycles. The van der Waals surface area contributed by atoms with Crippen molar-refractivity contribution in [3.63, 3.8) is 0 Å². The van der Waals surface area contributed by atoms with E-state index in [4.69, 9.17) is 16.3 Å². The Morgan fingerprint density at radius 1 is 1.16 bits per heavy atom. The van der Waals surface area contributed by atoms with Gasteiger partial charge >= 0.3 is 5.97 Å². The SMILES string of the molecule is CCOC(=O)C1=CN(C)c2cc(C)c(C)cc2C1c1ccccc1Cl. The summed E-state index contributed by atoms with van der Waals surface area (Å²) in [5.74, 6) is -0.540. The van der Waals surface area contributed by atoms with Gasteiger partial charge in [0, 0.05) is 29.9 Å². The number of hydrogen-bond acceptors (Lipinski definition) is 3. The number of hydrogen-bond donors (Lipinski definition) is 0. The third kappa shape index (κ3) is 3.16. The minimum Gasteiger partial charge on any atom is -0.463 e. The van der Waals surface area contributed by atoms with Gasteiger partial charge in [-0.05, 0) is 55.2 Å². The van der Waals surface area contributed by atoms with Crippen LogP contribution in [0.5, 0.6) is 0 Å². The first-order valence-corrected chi connectivity index (χ1v) is 8.79. The Morgan fingerprint density at radius 2 is 1.84 bits per heavy atom. The highest BCUT2D eigenvalue weighted by molar-refractivity contribution is 6.31. The Bertz CT molecular complexity index is 857. The van der Waals surface area contributed by atoms with E-state index >= 15 is 0 Å². The Morgan fingerprint density at radius 3 is 2.52 bits per heavy atom. The summed E-state index contributed by atoms with van der Waals surface area (Å²) in [5, 5.41) is 0.649. The summed E-state index contributed by atoms with van der Waals surface area (Å²) in [5.41, 5.74) is 6.09. The summed E-state index contributed by atoms with van der Waals surface area (Å²) >= 11 is 6.49. The predicted molar refractivity (Wildman–Crippen MR) is 102 cm³/mol. The molecule has 0 N–H and O–H groups in total. The first-order valence-electron chi connectivity index (χ1n) is 8.41. The molecule has 3 rings (SSSR count). The molecular weight excluding hydrogens is 334 g/mol. The molecule has 0 spiro atoms. The minimum atomic E-state index is -0.303. The summed E-state index contributed by atoms with van der Waals surface area (Å²) in [7, 11) is 1.95. The Hall–Kier alpha value is -2.26. The zero-order valence-electron chi connectivity index (χ0n) is 15.0. The van der Waals surface area contributed by atoms with Gasteiger partial charge in [-0.2, -0.15) is 0 Å². The second-order valence-corrected chi connectivity index (χ2v) is 6.77. The number of aryl methyl sites for hydroxylation is 2. The highest BCUT2D eigenvalue weighted by Crippen LogP contribution is 2.44. The molecule has 1 unspecified atom stereocenters. The van der Waals surface area contributed by atoms with Crippen molar-refractivity contribution < 1.29 is 9.53 Å². The number of fused-ring (bicyclic) bond motifs is 1. The van der Waals surface area contributed by atoms with Crippen LogP contribution in [0.15, 0.2) is 48.2 Å². The molecule has 0 radical (unpaired) electrons. The van der Waals surface area contributed by atoms with E-state index in [0.717, 1.165) is 16.8 Å². The predicted octanol–water partition coefficient (Wildman–Crippen LogP) is 4.99. The number of rotatable bonds is 3. The van der Waals surface area contributed by atoms with Crippen LogP contribution in [-0.2, 0) is 9.53 Å². The Balaban J connectivity index is 2.25. The Labute approximate surface area is 153 Å². The molecule has 0 amide bonds. The average Bonchev–Trinajstić information content (AvgIpc) is 2.58. The average molecular weight is 356 g/mol. The molecule has 1 aliphatic heterocycles. The van der Waals surface area contributed by atoms with Gasteiger partial charge in [0.15, 0.2) is 0 Å². The molecular formula is C21H22ClNO2. The van der Waals surface area contributed by atoms with Crippen molar-refractivity contribution in [1.82, 2.24) is 0 Å². The number of halogens is 1. The lowest BCUT2D eigenvalue weighted by molar-refractivity contribution is -0.138. The lowest BCUT2D eigenvalue weighted by atomic mass is 9.80. The van der Waals surface area contributed by atoms with Crippen LogP contribution in [0, 0.1) is 13.8 Å². The summed E-state index contributed by atoms with van der Waals surface area (Å²) in [6.45, 7) is 6.34. The molecule has 2 aromatic carbocycles. The molecule has 0 bridgehead atoms. The molecule has 0 saturated heterocycles. The van der Waals surface area contributed by atoms with Crippen molar-refractivity contribution in [3.8, 4) is 0 Å². The van der Waals surface area contributed by atoms with Gasteiger partial charge in [-0.3, -0.25) is 0 Å². The summed E-state index contributed by atoms with van der Waals surface area (Å²) < 4.78 is 5.31. The molecule has 0 aliphatic carbocycles. The first-order chi connectivity index (χ1) is 11.9. The van der Waals surface area contributed by atoms with Crippen LogP contribution < -0.4 is 4.90 Å². The largest absolute Gasteiger partial charge is 0.463 e. The smallest absolute Gasteiger partial charge is 0.336 e. The van der Waals surface area contributed by atoms with Crippen LogP contribution >= 0.6 is 11.6 Å². The lowest BCUT2D eigenvalue weighted by Crippen LogP contribution is -2.26. The fourth-order valence-corrected chi connectivity index (χ4v) is 3.55. The maximum atomic E-state index is 12.6. The zero-order chi connectivity index (χ0) is 18.1. The summed E-state index contributed by atoms with van der Waals surface area (Å²) in [6, 6.07) is 12.0. The van der Waals surface area contributed by atoms with Crippen LogP contribution in [0.4, 0.5) is 5.69 Å². The zero-order valence-corrected chi connectivity index (χ0v) is 15.7. The number of ether oxygens (including phenoxy) is 1. The maximum absolute atomic E-state index is 12.6. The number of carbonyl (C=O) groups excluding carboxylic acids is 1. The molecule has 2 aromatic rings. The second kappa shape index (κ2) is 6.93. The van der Waals surface area contributed by atoms with Gasteiger partial charge in [0.25, 0.3) is 0 Å². The van der Waals surface area contributed by atoms with Gasteiger partial charge < -0.3 is 9.64 Å². The van der Waals surface area contributed by atoms with Crippen molar-refractivity contribution in [2.75, 3.05) is 18.6 Å². The highest BCUT2D eigenvalue weighted by atomic mass is 35.5. The van der Waals surface area contributed by atoms with Crippen molar-refractivity contribution in [1.29, 1.82) is 0 Å². The van der Waals surface area contributed by atoms with E-state index in [1.165, 1.54) is 11.1 Å². The van der Waals surface area contributed by atoms with Gasteiger partial charge in [-0.15, -0.1) is 0 Å². The number of esters is 1. The molecule has 0 saturated carbocycles. The molecule has 4 heteroatoms. The molecule has 3 nitrogen and oxygen atoms in total. The van der Waals surface area contributed by atoms with Crippen LogP contribution in [0.2, 0.25) is 5.02 Å². The maximum Gasteiger partial charge on any atom is 0.336 e. The number of carbonyl (C=O) groups is 1. The Kier molecular flexibility index (Phi) is 4.87. The van der Waals surface area contributed by atoms with Gasteiger partial charge in [-0.25, -0.2) is 4.79 Å². The van der Waals surface area contributed by atoms with E-state index in [2.05, 4.69) is 26.0 Å². The van der Waals surface area contributed by atoms with E-state index in [-0.39, 0.29) is 11.9 Å². The molecule has 130 valence electrons. The first kappa shape index (κ1) is 17.6. The van der Waals surface area contributed by atoms with Gasteiger partial charge in [0.2, 0.25) is 0 Å². The standard InChI is InChI=1S/C21H22ClNO2/c1-5-25-21(24)17-12-23(4)19-11-14(3)13(2)10-16(19)20(17)15-8-6-7-9-18(15)22/h6-12,20H,5H2,1-4H3.